The number of aliphatic hydroxyl groups excluding tert-OH is 10. The SMILES string of the molecule is O=C(O)[C@H](O)[C@@H](O)[C@H](O)[C@H](O)CO.O=C(O)[C@H](O)[C@@H](O)[C@H](O)[C@H](O)CO.[Cu+2]. The number of aliphatic carboxylic acids is 2. The summed E-state index contributed by atoms with van der Waals surface area (Å²) >= 11 is 0. The van der Waals surface area contributed by atoms with Gasteiger partial charge in [-0.05, 0) is 0 Å². The average molecular weight is 456 g/mol. The van der Waals surface area contributed by atoms with Crippen molar-refractivity contribution in [2.75, 3.05) is 13.2 Å². The second-order valence-electron chi connectivity index (χ2n) is 5.03. The van der Waals surface area contributed by atoms with Gasteiger partial charge in [0.2, 0.25) is 0 Å². The van der Waals surface area contributed by atoms with Gasteiger partial charge in [0.1, 0.15) is 36.6 Å². The molecular formula is C12H24CuO14+2. The fourth-order valence-electron chi connectivity index (χ4n) is 1.34. The van der Waals surface area contributed by atoms with Gasteiger partial charge < -0.3 is 61.3 Å². The van der Waals surface area contributed by atoms with Crippen molar-refractivity contribution in [1.82, 2.24) is 0 Å². The summed E-state index contributed by atoms with van der Waals surface area (Å²) in [5.41, 5.74) is 0. The van der Waals surface area contributed by atoms with Gasteiger partial charge in [0.15, 0.2) is 12.2 Å². The summed E-state index contributed by atoms with van der Waals surface area (Å²) in [6.07, 6.45) is -15.7. The number of aliphatic hydroxyl groups is 10. The van der Waals surface area contributed by atoms with E-state index in [1.807, 2.05) is 0 Å². The zero-order valence-electron chi connectivity index (χ0n) is 13.5. The van der Waals surface area contributed by atoms with E-state index in [1.165, 1.54) is 0 Å². The molecule has 0 spiro atoms. The van der Waals surface area contributed by atoms with E-state index < -0.39 is 74.0 Å². The van der Waals surface area contributed by atoms with Gasteiger partial charge in [-0.15, -0.1) is 0 Å². The Morgan fingerprint density at radius 2 is 0.778 bits per heavy atom. The second kappa shape index (κ2) is 15.0. The minimum absolute atomic E-state index is 0. The normalized spacial score (nSPS) is 19.6. The standard InChI is InChI=1S/2C6H12O7.Cu/c2*7-1-2(8)3(9)4(10)5(11)6(12)13;/h2*2-5,7-11H,1H2,(H,12,13);/q;;+2/t2*2-,3-,4+,5-;/m11./s1. The number of rotatable bonds is 10. The van der Waals surface area contributed by atoms with Crippen molar-refractivity contribution in [2.24, 2.45) is 0 Å². The molecule has 0 fully saturated rings. The topological polar surface area (TPSA) is 277 Å². The van der Waals surface area contributed by atoms with Crippen LogP contribution in [0, 0.1) is 0 Å². The van der Waals surface area contributed by atoms with E-state index in [0.29, 0.717) is 0 Å². The molecule has 0 amide bonds. The molecule has 12 N–H and O–H groups in total. The molecular weight excluding hydrogens is 432 g/mol. The van der Waals surface area contributed by atoms with Crippen molar-refractivity contribution < 1.29 is 87.9 Å². The fraction of sp³-hybridized carbons (Fsp3) is 0.833. The van der Waals surface area contributed by atoms with E-state index in [1.54, 1.807) is 0 Å². The molecule has 15 heteroatoms. The minimum Gasteiger partial charge on any atom is -0.479 e. The van der Waals surface area contributed by atoms with Crippen LogP contribution in [0.4, 0.5) is 0 Å². The Morgan fingerprint density at radius 3 is 0.926 bits per heavy atom. The summed E-state index contributed by atoms with van der Waals surface area (Å²) in [6, 6.07) is 0. The maximum absolute atomic E-state index is 10.1. The second-order valence-corrected chi connectivity index (χ2v) is 5.03. The van der Waals surface area contributed by atoms with Crippen LogP contribution < -0.4 is 0 Å². The van der Waals surface area contributed by atoms with E-state index in [-0.39, 0.29) is 17.1 Å². The van der Waals surface area contributed by atoms with Gasteiger partial charge in [-0.3, -0.25) is 0 Å². The van der Waals surface area contributed by atoms with Gasteiger partial charge in [0, 0.05) is 0 Å². The Labute approximate surface area is 162 Å². The zero-order valence-corrected chi connectivity index (χ0v) is 14.5. The first-order valence-corrected chi connectivity index (χ1v) is 6.95. The van der Waals surface area contributed by atoms with Gasteiger partial charge in [-0.25, -0.2) is 9.59 Å². The fourth-order valence-corrected chi connectivity index (χ4v) is 1.34. The molecule has 165 valence electrons. The number of carboxylic acids is 2. The van der Waals surface area contributed by atoms with Gasteiger partial charge in [-0.2, -0.15) is 0 Å². The minimum atomic E-state index is -2.20. The Morgan fingerprint density at radius 1 is 0.556 bits per heavy atom. The molecule has 1 radical (unpaired) electrons. The van der Waals surface area contributed by atoms with Crippen LogP contribution in [0.15, 0.2) is 0 Å². The zero-order chi connectivity index (χ0) is 21.2. The third kappa shape index (κ3) is 10.8. The molecule has 14 nitrogen and oxygen atoms in total. The number of hydrogen-bond acceptors (Lipinski definition) is 12. The Kier molecular flexibility index (Phi) is 17.1. The molecule has 8 atom stereocenters. The van der Waals surface area contributed by atoms with Gasteiger partial charge >= 0.3 is 29.0 Å². The van der Waals surface area contributed by atoms with Crippen LogP contribution in [0.3, 0.4) is 0 Å². The molecule has 0 bridgehead atoms. The van der Waals surface area contributed by atoms with Crippen molar-refractivity contribution in [2.45, 2.75) is 48.8 Å². The molecule has 0 aliphatic rings. The Bertz CT molecular complexity index is 385. The van der Waals surface area contributed by atoms with Crippen LogP contribution in [-0.2, 0) is 26.7 Å². The molecule has 0 saturated heterocycles. The maximum atomic E-state index is 10.1. The Hall–Kier alpha value is -0.941. The van der Waals surface area contributed by atoms with Crippen molar-refractivity contribution in [1.29, 1.82) is 0 Å². The molecule has 0 saturated carbocycles. The van der Waals surface area contributed by atoms with E-state index in [4.69, 9.17) is 61.3 Å². The summed E-state index contributed by atoms with van der Waals surface area (Å²) in [4.78, 5) is 20.2. The first-order valence-electron chi connectivity index (χ1n) is 6.95. The van der Waals surface area contributed by atoms with Crippen molar-refractivity contribution in [3.63, 3.8) is 0 Å². The number of carbonyl (C=O) groups is 2. The van der Waals surface area contributed by atoms with Crippen LogP contribution in [0.25, 0.3) is 0 Å². The summed E-state index contributed by atoms with van der Waals surface area (Å²) in [5.74, 6) is -3.45. The van der Waals surface area contributed by atoms with Crippen LogP contribution in [0.1, 0.15) is 0 Å². The average Bonchev–Trinajstić information content (AvgIpc) is 2.62. The molecule has 27 heavy (non-hydrogen) atoms. The molecule has 0 aromatic heterocycles. The third-order valence-corrected chi connectivity index (χ3v) is 3.02. The molecule has 0 unspecified atom stereocenters. The maximum Gasteiger partial charge on any atom is 2.00 e. The molecule has 0 rings (SSSR count). The van der Waals surface area contributed by atoms with Crippen molar-refractivity contribution in [3.8, 4) is 0 Å². The van der Waals surface area contributed by atoms with Crippen molar-refractivity contribution in [3.05, 3.63) is 0 Å². The quantitative estimate of drug-likeness (QED) is 0.136. The smallest absolute Gasteiger partial charge is 0.479 e. The van der Waals surface area contributed by atoms with Gasteiger partial charge in [0.25, 0.3) is 0 Å². The Balaban J connectivity index is -0.000000411. The van der Waals surface area contributed by atoms with E-state index >= 15 is 0 Å². The molecule has 0 aromatic rings. The summed E-state index contributed by atoms with van der Waals surface area (Å²) in [7, 11) is 0. The van der Waals surface area contributed by atoms with Gasteiger partial charge in [-0.1, -0.05) is 0 Å². The number of hydrogen-bond donors (Lipinski definition) is 12. The predicted molar refractivity (Wildman–Crippen MR) is 77.5 cm³/mol. The number of carboxylic acid groups (broad SMARTS) is 2. The largest absolute Gasteiger partial charge is 2.00 e. The summed E-state index contributed by atoms with van der Waals surface area (Å²) < 4.78 is 0. The van der Waals surface area contributed by atoms with Crippen LogP contribution in [0.5, 0.6) is 0 Å². The first kappa shape index (κ1) is 30.8. The van der Waals surface area contributed by atoms with Crippen molar-refractivity contribution >= 4 is 11.9 Å². The predicted octanol–water partition coefficient (Wildman–Crippen LogP) is -6.99. The van der Waals surface area contributed by atoms with Crippen LogP contribution in [-0.4, -0.2) is 135 Å². The summed E-state index contributed by atoms with van der Waals surface area (Å²) in [6.45, 7) is -1.69. The summed E-state index contributed by atoms with van der Waals surface area (Å²) in [5, 5.41) is 104. The van der Waals surface area contributed by atoms with Crippen LogP contribution in [0.2, 0.25) is 0 Å². The molecule has 0 aromatic carbocycles. The van der Waals surface area contributed by atoms with E-state index in [0.717, 1.165) is 0 Å². The first-order chi connectivity index (χ1) is 11.8. The molecule has 0 heterocycles. The monoisotopic (exact) mass is 455 g/mol. The van der Waals surface area contributed by atoms with E-state index in [9.17, 15) is 9.59 Å². The van der Waals surface area contributed by atoms with Crippen LogP contribution >= 0.6 is 0 Å². The van der Waals surface area contributed by atoms with E-state index in [2.05, 4.69) is 0 Å². The molecule has 0 aliphatic carbocycles. The third-order valence-electron chi connectivity index (χ3n) is 3.02. The molecule has 0 aliphatic heterocycles. The van der Waals surface area contributed by atoms with Gasteiger partial charge in [0.05, 0.1) is 13.2 Å².